The van der Waals surface area contributed by atoms with Crippen LogP contribution >= 0.6 is 23.2 Å². The lowest BCUT2D eigenvalue weighted by molar-refractivity contribution is 0.408. The Morgan fingerprint density at radius 2 is 2.20 bits per heavy atom. The first-order valence-electron chi connectivity index (χ1n) is 5.84. The number of hydrogen-bond acceptors (Lipinski definition) is 4. The number of benzene rings is 1. The molecule has 20 heavy (non-hydrogen) atoms. The fourth-order valence-corrected chi connectivity index (χ4v) is 2.35. The Hall–Kier alpha value is -1.66. The molecule has 2 heterocycles. The van der Waals surface area contributed by atoms with Gasteiger partial charge in [0.25, 0.3) is 0 Å². The number of aryl methyl sites for hydroxylation is 1. The van der Waals surface area contributed by atoms with E-state index in [-0.39, 0.29) is 5.02 Å². The number of alkyl halides is 1. The summed E-state index contributed by atoms with van der Waals surface area (Å²) in [6.45, 7) is 0.334. The van der Waals surface area contributed by atoms with Gasteiger partial charge in [0.05, 0.1) is 22.6 Å². The molecule has 3 aromatic rings. The summed E-state index contributed by atoms with van der Waals surface area (Å²) in [7, 11) is 0. The molecule has 8 heteroatoms. The zero-order chi connectivity index (χ0) is 14.1. The van der Waals surface area contributed by atoms with E-state index in [2.05, 4.69) is 15.1 Å². The summed E-state index contributed by atoms with van der Waals surface area (Å²) in [6.07, 6.45) is 1.79. The van der Waals surface area contributed by atoms with E-state index in [1.54, 1.807) is 0 Å². The smallest absolute Gasteiger partial charge is 0.213 e. The number of halogens is 3. The van der Waals surface area contributed by atoms with Gasteiger partial charge in [-0.25, -0.2) is 9.37 Å². The largest absolute Gasteiger partial charge is 0.343 e. The van der Waals surface area contributed by atoms with Gasteiger partial charge >= 0.3 is 0 Å². The average Bonchev–Trinajstić information content (AvgIpc) is 3.02. The van der Waals surface area contributed by atoms with Crippen LogP contribution in [0, 0.1) is 5.82 Å². The van der Waals surface area contributed by atoms with Crippen molar-refractivity contribution < 1.29 is 8.91 Å². The average molecular weight is 315 g/mol. The van der Waals surface area contributed by atoms with Crippen LogP contribution in [0.5, 0.6) is 0 Å². The van der Waals surface area contributed by atoms with Crippen molar-refractivity contribution in [2.75, 3.05) is 5.88 Å². The highest BCUT2D eigenvalue weighted by Gasteiger charge is 2.15. The second-order valence-corrected chi connectivity index (χ2v) is 4.94. The van der Waals surface area contributed by atoms with E-state index >= 15 is 0 Å². The highest BCUT2D eigenvalue weighted by molar-refractivity contribution is 6.31. The highest BCUT2D eigenvalue weighted by Crippen LogP contribution is 2.24. The normalized spacial score (nSPS) is 11.3. The minimum atomic E-state index is -0.495. The lowest BCUT2D eigenvalue weighted by Gasteiger charge is -2.05. The maximum atomic E-state index is 13.7. The molecule has 3 rings (SSSR count). The van der Waals surface area contributed by atoms with Crippen LogP contribution in [0.1, 0.15) is 11.6 Å². The Balaban J connectivity index is 2.15. The molecule has 0 aliphatic carbocycles. The lowest BCUT2D eigenvalue weighted by Crippen LogP contribution is -2.07. The van der Waals surface area contributed by atoms with Crippen LogP contribution in [0.2, 0.25) is 5.02 Å². The van der Waals surface area contributed by atoms with Gasteiger partial charge in [-0.15, -0.1) is 11.6 Å². The first-order valence-corrected chi connectivity index (χ1v) is 6.75. The number of hydrogen-bond donors (Lipinski definition) is 0. The summed E-state index contributed by atoms with van der Waals surface area (Å²) in [5.74, 6) is 1.12. The van der Waals surface area contributed by atoms with Crippen molar-refractivity contribution in [1.29, 1.82) is 0 Å². The van der Waals surface area contributed by atoms with E-state index < -0.39 is 5.82 Å². The molecule has 0 amide bonds. The number of rotatable bonds is 4. The second-order valence-electron chi connectivity index (χ2n) is 4.16. The van der Waals surface area contributed by atoms with Gasteiger partial charge in [-0.05, 0) is 6.07 Å². The van der Waals surface area contributed by atoms with Crippen molar-refractivity contribution in [3.05, 3.63) is 41.0 Å². The van der Waals surface area contributed by atoms with E-state index in [1.807, 2.05) is 4.57 Å². The molecule has 0 atom stereocenters. The molecular weight excluding hydrogens is 306 g/mol. The lowest BCUT2D eigenvalue weighted by atomic mass is 10.3. The predicted octanol–water partition coefficient (Wildman–Crippen LogP) is 3.04. The third kappa shape index (κ3) is 2.36. The Bertz CT molecular complexity index is 742. The van der Waals surface area contributed by atoms with Crippen LogP contribution in [0.3, 0.4) is 0 Å². The molecule has 2 aromatic heterocycles. The first kappa shape index (κ1) is 13.3. The summed E-state index contributed by atoms with van der Waals surface area (Å²) >= 11 is 11.6. The van der Waals surface area contributed by atoms with Crippen LogP contribution in [0.4, 0.5) is 4.39 Å². The Labute approximate surface area is 123 Å². The fraction of sp³-hybridized carbons (Fsp3) is 0.250. The highest BCUT2D eigenvalue weighted by atomic mass is 35.5. The van der Waals surface area contributed by atoms with E-state index in [1.165, 1.54) is 18.5 Å². The van der Waals surface area contributed by atoms with E-state index in [4.69, 9.17) is 27.7 Å². The van der Waals surface area contributed by atoms with Crippen molar-refractivity contribution in [2.24, 2.45) is 0 Å². The van der Waals surface area contributed by atoms with E-state index in [0.717, 1.165) is 5.82 Å². The molecule has 0 fully saturated rings. The van der Waals surface area contributed by atoms with Crippen LogP contribution in [0.25, 0.3) is 11.0 Å². The molecule has 0 aliphatic heterocycles. The molecule has 0 bridgehead atoms. The third-order valence-corrected chi connectivity index (χ3v) is 3.37. The summed E-state index contributed by atoms with van der Waals surface area (Å²) in [5.41, 5.74) is 1.23. The summed E-state index contributed by atoms with van der Waals surface area (Å²) in [6, 6.07) is 2.85. The molecule has 104 valence electrons. The summed E-state index contributed by atoms with van der Waals surface area (Å²) < 4.78 is 20.2. The molecular formula is C12H9Cl2FN4O. The topological polar surface area (TPSA) is 56.7 Å². The maximum Gasteiger partial charge on any atom is 0.213 e. The number of aromatic nitrogens is 4. The van der Waals surface area contributed by atoms with Gasteiger partial charge < -0.3 is 9.09 Å². The molecule has 0 aliphatic rings. The first-order chi connectivity index (χ1) is 9.69. The van der Waals surface area contributed by atoms with Crippen molar-refractivity contribution in [3.63, 3.8) is 0 Å². The van der Waals surface area contributed by atoms with Crippen LogP contribution in [0.15, 0.2) is 23.0 Å². The molecule has 0 saturated carbocycles. The standard InChI is InChI=1S/C12H9Cl2FN4O/c13-2-1-12-17-9-3-7(14)8(15)4-10(9)19(12)5-11-16-6-20-18-11/h3-4,6H,1-2,5H2. The number of fused-ring (bicyclic) bond motifs is 1. The van der Waals surface area contributed by atoms with Crippen LogP contribution < -0.4 is 0 Å². The van der Waals surface area contributed by atoms with Gasteiger partial charge in [-0.2, -0.15) is 4.98 Å². The SMILES string of the molecule is Fc1cc2c(cc1Cl)nc(CCCl)n2Cc1ncon1. The van der Waals surface area contributed by atoms with Crippen molar-refractivity contribution in [3.8, 4) is 0 Å². The number of imidazole rings is 1. The molecule has 0 N–H and O–H groups in total. The van der Waals surface area contributed by atoms with Gasteiger partial charge in [-0.3, -0.25) is 0 Å². The second kappa shape index (κ2) is 5.38. The fourth-order valence-electron chi connectivity index (χ4n) is 2.03. The number of nitrogens with zero attached hydrogens (tertiary/aromatic N) is 4. The molecule has 0 radical (unpaired) electrons. The minimum absolute atomic E-state index is 0.0409. The van der Waals surface area contributed by atoms with Gasteiger partial charge in [0, 0.05) is 18.4 Å². The molecule has 1 aromatic carbocycles. The molecule has 0 unspecified atom stereocenters. The minimum Gasteiger partial charge on any atom is -0.343 e. The van der Waals surface area contributed by atoms with Gasteiger partial charge in [0.15, 0.2) is 5.82 Å². The zero-order valence-electron chi connectivity index (χ0n) is 10.2. The van der Waals surface area contributed by atoms with Crippen molar-refractivity contribution >= 4 is 34.2 Å². The Kier molecular flexibility index (Phi) is 3.58. The molecule has 0 spiro atoms. The van der Waals surface area contributed by atoms with Crippen LogP contribution in [-0.4, -0.2) is 25.6 Å². The monoisotopic (exact) mass is 314 g/mol. The maximum absolute atomic E-state index is 13.7. The summed E-state index contributed by atoms with van der Waals surface area (Å²) in [4.78, 5) is 8.39. The predicted molar refractivity (Wildman–Crippen MR) is 72.5 cm³/mol. The zero-order valence-corrected chi connectivity index (χ0v) is 11.7. The Morgan fingerprint density at radius 3 is 2.90 bits per heavy atom. The summed E-state index contributed by atoms with van der Waals surface area (Å²) in [5, 5.41) is 3.79. The molecule has 5 nitrogen and oxygen atoms in total. The third-order valence-electron chi connectivity index (χ3n) is 2.89. The van der Waals surface area contributed by atoms with E-state index in [9.17, 15) is 4.39 Å². The molecule has 0 saturated heterocycles. The van der Waals surface area contributed by atoms with Gasteiger partial charge in [0.2, 0.25) is 6.39 Å². The van der Waals surface area contributed by atoms with Gasteiger partial charge in [-0.1, -0.05) is 16.8 Å². The van der Waals surface area contributed by atoms with E-state index in [0.29, 0.717) is 35.7 Å². The van der Waals surface area contributed by atoms with Crippen molar-refractivity contribution in [1.82, 2.24) is 19.7 Å². The van der Waals surface area contributed by atoms with Crippen LogP contribution in [-0.2, 0) is 13.0 Å². The van der Waals surface area contributed by atoms with Gasteiger partial charge in [0.1, 0.15) is 11.6 Å². The quantitative estimate of drug-likeness (QED) is 0.694. The van der Waals surface area contributed by atoms with Crippen molar-refractivity contribution in [2.45, 2.75) is 13.0 Å². The Morgan fingerprint density at radius 1 is 1.35 bits per heavy atom.